The molecule has 29 heavy (non-hydrogen) atoms. The van der Waals surface area contributed by atoms with Crippen molar-refractivity contribution in [1.29, 1.82) is 0 Å². The number of nitrogens with one attached hydrogen (secondary N) is 1. The lowest BCUT2D eigenvalue weighted by Gasteiger charge is -2.08. The van der Waals surface area contributed by atoms with Crippen LogP contribution in [-0.4, -0.2) is 22.2 Å². The standard InChI is InChI=1S/C22H26BrN3O3/c1-14-6-7-15(2)20(12-14)28-13-18-8-9-19(29-18)22(27)24-10-5-11-26-17(4)21(23)16(3)25-26/h6-9,12H,5,10-11,13H2,1-4H3,(H,24,27). The molecule has 3 aromatic rings. The van der Waals surface area contributed by atoms with E-state index in [1.807, 2.05) is 50.6 Å². The maximum Gasteiger partial charge on any atom is 0.286 e. The van der Waals surface area contributed by atoms with Gasteiger partial charge in [0.2, 0.25) is 0 Å². The first-order valence-electron chi connectivity index (χ1n) is 9.61. The maximum atomic E-state index is 12.3. The topological polar surface area (TPSA) is 69.3 Å². The third kappa shape index (κ3) is 5.29. The van der Waals surface area contributed by atoms with Gasteiger partial charge < -0.3 is 14.5 Å². The Morgan fingerprint density at radius 1 is 1.21 bits per heavy atom. The van der Waals surface area contributed by atoms with E-state index < -0.39 is 0 Å². The van der Waals surface area contributed by atoms with Gasteiger partial charge in [0.1, 0.15) is 18.1 Å². The minimum atomic E-state index is -0.225. The van der Waals surface area contributed by atoms with E-state index in [1.165, 1.54) is 0 Å². The van der Waals surface area contributed by atoms with Gasteiger partial charge in [-0.2, -0.15) is 5.10 Å². The minimum absolute atomic E-state index is 0.225. The van der Waals surface area contributed by atoms with Crippen molar-refractivity contribution in [3.05, 3.63) is 68.8 Å². The van der Waals surface area contributed by atoms with Crippen LogP contribution in [0, 0.1) is 27.7 Å². The van der Waals surface area contributed by atoms with Crippen LogP contribution >= 0.6 is 15.9 Å². The highest BCUT2D eigenvalue weighted by Crippen LogP contribution is 2.21. The lowest BCUT2D eigenvalue weighted by atomic mass is 10.1. The van der Waals surface area contributed by atoms with Crippen molar-refractivity contribution in [3.8, 4) is 5.75 Å². The molecule has 0 aliphatic carbocycles. The van der Waals surface area contributed by atoms with E-state index in [9.17, 15) is 4.79 Å². The molecule has 0 unspecified atom stereocenters. The van der Waals surface area contributed by atoms with Crippen molar-refractivity contribution in [2.75, 3.05) is 6.54 Å². The largest absolute Gasteiger partial charge is 0.485 e. The van der Waals surface area contributed by atoms with Crippen LogP contribution in [-0.2, 0) is 13.2 Å². The molecule has 154 valence electrons. The van der Waals surface area contributed by atoms with Crippen molar-refractivity contribution in [3.63, 3.8) is 0 Å². The second-order valence-corrected chi connectivity index (χ2v) is 7.93. The second-order valence-electron chi connectivity index (χ2n) is 7.14. The van der Waals surface area contributed by atoms with Crippen molar-refractivity contribution in [2.24, 2.45) is 0 Å². The molecule has 1 aromatic carbocycles. The molecule has 3 rings (SSSR count). The molecule has 2 aromatic heterocycles. The second kappa shape index (κ2) is 9.31. The number of carbonyl (C=O) groups is 1. The van der Waals surface area contributed by atoms with Crippen molar-refractivity contribution in [1.82, 2.24) is 15.1 Å². The highest BCUT2D eigenvalue weighted by Gasteiger charge is 2.12. The van der Waals surface area contributed by atoms with E-state index in [0.717, 1.165) is 45.7 Å². The van der Waals surface area contributed by atoms with E-state index in [0.29, 0.717) is 18.1 Å². The summed E-state index contributed by atoms with van der Waals surface area (Å²) in [6, 6.07) is 9.51. The van der Waals surface area contributed by atoms with Crippen molar-refractivity contribution in [2.45, 2.75) is 47.3 Å². The van der Waals surface area contributed by atoms with Crippen LogP contribution in [0.25, 0.3) is 0 Å². The summed E-state index contributed by atoms with van der Waals surface area (Å²) < 4.78 is 14.4. The number of rotatable bonds is 8. The fraction of sp³-hybridized carbons (Fsp3) is 0.364. The zero-order valence-electron chi connectivity index (χ0n) is 17.2. The van der Waals surface area contributed by atoms with Gasteiger partial charge in [0.15, 0.2) is 5.76 Å². The molecule has 0 spiro atoms. The Hall–Kier alpha value is -2.54. The van der Waals surface area contributed by atoms with Crippen LogP contribution in [0.1, 0.15) is 45.3 Å². The molecule has 0 saturated heterocycles. The van der Waals surface area contributed by atoms with Gasteiger partial charge in [0.05, 0.1) is 10.2 Å². The van der Waals surface area contributed by atoms with E-state index in [1.54, 1.807) is 12.1 Å². The average Bonchev–Trinajstić information content (AvgIpc) is 3.27. The summed E-state index contributed by atoms with van der Waals surface area (Å²) >= 11 is 3.52. The Morgan fingerprint density at radius 2 is 2.00 bits per heavy atom. The van der Waals surface area contributed by atoms with Gasteiger partial charge in [0.25, 0.3) is 5.91 Å². The molecule has 0 aliphatic rings. The number of amides is 1. The fourth-order valence-electron chi connectivity index (χ4n) is 3.00. The number of hydrogen-bond acceptors (Lipinski definition) is 4. The van der Waals surface area contributed by atoms with Crippen LogP contribution < -0.4 is 10.1 Å². The quantitative estimate of drug-likeness (QED) is 0.487. The molecule has 0 radical (unpaired) electrons. The number of aromatic nitrogens is 2. The van der Waals surface area contributed by atoms with Crippen LogP contribution in [0.3, 0.4) is 0 Å². The number of halogens is 1. The molecule has 0 atom stereocenters. The highest BCUT2D eigenvalue weighted by molar-refractivity contribution is 9.10. The zero-order valence-corrected chi connectivity index (χ0v) is 18.8. The summed E-state index contributed by atoms with van der Waals surface area (Å²) in [7, 11) is 0. The number of ether oxygens (including phenoxy) is 1. The first kappa shape index (κ1) is 21.2. The zero-order chi connectivity index (χ0) is 21.0. The lowest BCUT2D eigenvalue weighted by molar-refractivity contribution is 0.0920. The summed E-state index contributed by atoms with van der Waals surface area (Å²) in [4.78, 5) is 12.3. The summed E-state index contributed by atoms with van der Waals surface area (Å²) in [6.07, 6.45) is 0.781. The van der Waals surface area contributed by atoms with E-state index in [2.05, 4.69) is 26.3 Å². The number of nitrogens with zero attached hydrogens (tertiary/aromatic N) is 2. The fourth-order valence-corrected chi connectivity index (χ4v) is 3.28. The Bertz CT molecular complexity index is 1010. The first-order chi connectivity index (χ1) is 13.8. The molecule has 1 amide bonds. The molecular weight excluding hydrogens is 434 g/mol. The average molecular weight is 460 g/mol. The van der Waals surface area contributed by atoms with Crippen molar-refractivity contribution < 1.29 is 13.9 Å². The SMILES string of the molecule is Cc1ccc(C)c(OCc2ccc(C(=O)NCCCn3nc(C)c(Br)c3C)o2)c1. The van der Waals surface area contributed by atoms with Gasteiger partial charge in [-0.15, -0.1) is 0 Å². The first-order valence-corrected chi connectivity index (χ1v) is 10.4. The number of benzene rings is 1. The van der Waals surface area contributed by atoms with Gasteiger partial charge in [-0.3, -0.25) is 9.48 Å². The number of furan rings is 1. The van der Waals surface area contributed by atoms with Crippen LogP contribution in [0.4, 0.5) is 0 Å². The van der Waals surface area contributed by atoms with E-state index in [-0.39, 0.29) is 12.5 Å². The highest BCUT2D eigenvalue weighted by atomic mass is 79.9. The summed E-state index contributed by atoms with van der Waals surface area (Å²) in [5, 5.41) is 7.36. The van der Waals surface area contributed by atoms with Crippen LogP contribution in [0.15, 0.2) is 39.2 Å². The molecule has 2 heterocycles. The van der Waals surface area contributed by atoms with E-state index in [4.69, 9.17) is 9.15 Å². The minimum Gasteiger partial charge on any atom is -0.485 e. The van der Waals surface area contributed by atoms with Crippen LogP contribution in [0.2, 0.25) is 0 Å². The van der Waals surface area contributed by atoms with Crippen LogP contribution in [0.5, 0.6) is 5.75 Å². The summed E-state index contributed by atoms with van der Waals surface area (Å²) in [5.74, 6) is 1.50. The summed E-state index contributed by atoms with van der Waals surface area (Å²) in [6.45, 7) is 9.58. The predicted octanol–water partition coefficient (Wildman–Crippen LogP) is 4.87. The number of aryl methyl sites for hydroxylation is 4. The molecule has 6 nitrogen and oxygen atoms in total. The van der Waals surface area contributed by atoms with Gasteiger partial charge in [-0.1, -0.05) is 12.1 Å². The van der Waals surface area contributed by atoms with Gasteiger partial charge in [-0.25, -0.2) is 0 Å². The Morgan fingerprint density at radius 3 is 2.72 bits per heavy atom. The third-order valence-corrected chi connectivity index (χ3v) is 5.87. The monoisotopic (exact) mass is 459 g/mol. The van der Waals surface area contributed by atoms with Crippen molar-refractivity contribution >= 4 is 21.8 Å². The predicted molar refractivity (Wildman–Crippen MR) is 115 cm³/mol. The molecule has 1 N–H and O–H groups in total. The Balaban J connectivity index is 1.46. The molecular formula is C22H26BrN3O3. The molecule has 0 bridgehead atoms. The maximum absolute atomic E-state index is 12.3. The van der Waals surface area contributed by atoms with Gasteiger partial charge >= 0.3 is 0 Å². The molecule has 0 fully saturated rings. The normalized spacial score (nSPS) is 10.9. The Kier molecular flexibility index (Phi) is 6.79. The number of carbonyl (C=O) groups excluding carboxylic acids is 1. The lowest BCUT2D eigenvalue weighted by Crippen LogP contribution is -2.25. The van der Waals surface area contributed by atoms with E-state index >= 15 is 0 Å². The summed E-state index contributed by atoms with van der Waals surface area (Å²) in [5.41, 5.74) is 4.26. The Labute approximate surface area is 179 Å². The van der Waals surface area contributed by atoms with Gasteiger partial charge in [0, 0.05) is 18.8 Å². The smallest absolute Gasteiger partial charge is 0.286 e. The third-order valence-electron chi connectivity index (χ3n) is 4.72. The number of hydrogen-bond donors (Lipinski definition) is 1. The molecule has 0 saturated carbocycles. The molecule has 0 aliphatic heterocycles. The molecule has 7 heteroatoms. The van der Waals surface area contributed by atoms with Gasteiger partial charge in [-0.05, 0) is 79.4 Å².